The summed E-state index contributed by atoms with van der Waals surface area (Å²) in [5.41, 5.74) is -3.51. The highest BCUT2D eigenvalue weighted by Crippen LogP contribution is 2.43. The zero-order chi connectivity index (χ0) is 27.8. The minimum absolute atomic E-state index is 0.114. The number of carbonyl (C=O) groups excluding carboxylic acids is 2. The first-order valence-corrected chi connectivity index (χ1v) is 13.2. The number of alkyl halides is 3. The van der Waals surface area contributed by atoms with Crippen molar-refractivity contribution in [3.05, 3.63) is 88.9 Å². The van der Waals surface area contributed by atoms with Gasteiger partial charge in [-0.15, -0.1) is 0 Å². The number of hydrogen-bond donors (Lipinski definition) is 0. The van der Waals surface area contributed by atoms with Gasteiger partial charge in [-0.1, -0.05) is 29.8 Å². The monoisotopic (exact) mass is 566 g/mol. The Balaban J connectivity index is 1.66. The molecule has 1 aliphatic rings. The van der Waals surface area contributed by atoms with Crippen LogP contribution >= 0.6 is 11.6 Å². The van der Waals surface area contributed by atoms with Crippen LogP contribution in [0, 0.1) is 0 Å². The molecule has 4 rings (SSSR count). The van der Waals surface area contributed by atoms with Crippen LogP contribution in [-0.2, 0) is 14.9 Å². The molecule has 0 N–H and O–H groups in total. The van der Waals surface area contributed by atoms with Crippen molar-refractivity contribution < 1.29 is 35.4 Å². The van der Waals surface area contributed by atoms with Gasteiger partial charge in [0.25, 0.3) is 5.91 Å². The van der Waals surface area contributed by atoms with E-state index in [-0.39, 0.29) is 23.6 Å². The van der Waals surface area contributed by atoms with Crippen LogP contribution in [0.5, 0.6) is 5.75 Å². The molecule has 2 amide bonds. The molecule has 0 fully saturated rings. The summed E-state index contributed by atoms with van der Waals surface area (Å²) in [5.74, 6) is -1.22. The third-order valence-electron chi connectivity index (χ3n) is 6.13. The van der Waals surface area contributed by atoms with Crippen molar-refractivity contribution in [1.82, 2.24) is 0 Å². The molecule has 12 heteroatoms. The van der Waals surface area contributed by atoms with Crippen molar-refractivity contribution in [3.8, 4) is 5.75 Å². The Labute approximate surface area is 222 Å². The van der Waals surface area contributed by atoms with Crippen LogP contribution in [0.3, 0.4) is 0 Å². The van der Waals surface area contributed by atoms with Crippen LogP contribution in [0.1, 0.15) is 42.2 Å². The molecule has 0 aliphatic carbocycles. The molecule has 1 aliphatic heterocycles. The van der Waals surface area contributed by atoms with Gasteiger partial charge in [0.15, 0.2) is 0 Å². The summed E-state index contributed by atoms with van der Waals surface area (Å²) in [6.45, 7) is 3.29. The minimum Gasteiger partial charge on any atom is -0.376 e. The van der Waals surface area contributed by atoms with E-state index in [1.807, 2.05) is 13.0 Å². The van der Waals surface area contributed by atoms with Gasteiger partial charge in [-0.25, -0.2) is 0 Å². The van der Waals surface area contributed by atoms with E-state index in [0.29, 0.717) is 22.8 Å². The van der Waals surface area contributed by atoms with E-state index >= 15 is 0 Å². The molecule has 0 radical (unpaired) electrons. The van der Waals surface area contributed by atoms with E-state index in [2.05, 4.69) is 4.18 Å². The summed E-state index contributed by atoms with van der Waals surface area (Å²) >= 11 is 6.02. The lowest BCUT2D eigenvalue weighted by Crippen LogP contribution is -2.47. The number of anilines is 2. The second kappa shape index (κ2) is 10.3. The van der Waals surface area contributed by atoms with Crippen molar-refractivity contribution >= 4 is 44.9 Å². The fourth-order valence-corrected chi connectivity index (χ4v) is 5.07. The number of benzene rings is 3. The smallest absolute Gasteiger partial charge is 0.376 e. The summed E-state index contributed by atoms with van der Waals surface area (Å²) in [6.07, 6.45) is 0.399. The summed E-state index contributed by atoms with van der Waals surface area (Å²) < 4.78 is 64.5. The van der Waals surface area contributed by atoms with E-state index in [4.69, 9.17) is 11.6 Å². The SMILES string of the molecule is CC(=O)N(c1ccc(Cl)cc1)[C@@H]1C[C@H](C)N(C(=O)c2ccc(OS(=O)(=O)C(F)(F)F)cc2)c2ccccc21. The van der Waals surface area contributed by atoms with Crippen LogP contribution in [0.2, 0.25) is 5.02 Å². The van der Waals surface area contributed by atoms with Gasteiger partial charge in [0, 0.05) is 34.9 Å². The third kappa shape index (κ3) is 5.34. The van der Waals surface area contributed by atoms with Gasteiger partial charge in [-0.2, -0.15) is 21.6 Å². The average Bonchev–Trinajstić information content (AvgIpc) is 2.84. The van der Waals surface area contributed by atoms with E-state index < -0.39 is 27.3 Å². The van der Waals surface area contributed by atoms with Crippen molar-refractivity contribution in [2.45, 2.75) is 37.9 Å². The van der Waals surface area contributed by atoms with Gasteiger partial charge in [-0.05, 0) is 73.5 Å². The molecule has 0 spiro atoms. The highest BCUT2D eigenvalue weighted by atomic mass is 35.5. The Morgan fingerprint density at radius 2 is 1.61 bits per heavy atom. The largest absolute Gasteiger partial charge is 0.534 e. The fourth-order valence-electron chi connectivity index (χ4n) is 4.48. The summed E-state index contributed by atoms with van der Waals surface area (Å²) in [6, 6.07) is 17.6. The molecule has 0 bridgehead atoms. The highest BCUT2D eigenvalue weighted by Gasteiger charge is 2.48. The molecule has 3 aromatic carbocycles. The molecule has 0 saturated heterocycles. The first-order chi connectivity index (χ1) is 17.8. The standard InChI is InChI=1S/C26H22ClF3N2O5S/c1-16-15-24(32(17(2)33)20-11-9-19(27)10-12-20)22-5-3-4-6-23(22)31(16)25(34)18-7-13-21(14-8-18)37-38(35,36)26(28,29)30/h3-14,16,24H,15H2,1-2H3/t16-,24+/m0/s1. The Morgan fingerprint density at radius 1 is 1.00 bits per heavy atom. The average molecular weight is 567 g/mol. The number of para-hydroxylation sites is 1. The van der Waals surface area contributed by atoms with Gasteiger partial charge in [-0.3, -0.25) is 9.59 Å². The van der Waals surface area contributed by atoms with Crippen LogP contribution < -0.4 is 14.0 Å². The van der Waals surface area contributed by atoms with Crippen molar-refractivity contribution in [2.24, 2.45) is 0 Å². The lowest BCUT2D eigenvalue weighted by atomic mass is 9.89. The normalized spacial score (nSPS) is 17.5. The first-order valence-electron chi connectivity index (χ1n) is 11.4. The van der Waals surface area contributed by atoms with E-state index in [1.54, 1.807) is 52.3 Å². The number of hydrogen-bond acceptors (Lipinski definition) is 5. The number of carbonyl (C=O) groups is 2. The zero-order valence-corrected chi connectivity index (χ0v) is 21.7. The quantitative estimate of drug-likeness (QED) is 0.275. The molecule has 0 aromatic heterocycles. The van der Waals surface area contributed by atoms with E-state index in [0.717, 1.165) is 17.7 Å². The summed E-state index contributed by atoms with van der Waals surface area (Å²) in [4.78, 5) is 29.5. The van der Waals surface area contributed by atoms with Crippen LogP contribution in [0.4, 0.5) is 24.5 Å². The number of nitrogens with zero attached hydrogens (tertiary/aromatic N) is 2. The molecule has 3 aromatic rings. The lowest BCUT2D eigenvalue weighted by Gasteiger charge is -2.43. The van der Waals surface area contributed by atoms with E-state index in [9.17, 15) is 31.2 Å². The van der Waals surface area contributed by atoms with Crippen LogP contribution in [-0.4, -0.2) is 31.8 Å². The molecule has 1 heterocycles. The fraction of sp³-hybridized carbons (Fsp3) is 0.231. The van der Waals surface area contributed by atoms with E-state index in [1.165, 1.54) is 19.1 Å². The third-order valence-corrected chi connectivity index (χ3v) is 7.36. The van der Waals surface area contributed by atoms with Gasteiger partial charge >= 0.3 is 15.6 Å². The molecular weight excluding hydrogens is 545 g/mol. The predicted octanol–water partition coefficient (Wildman–Crippen LogP) is 6.10. The maximum atomic E-state index is 13.5. The molecule has 2 atom stereocenters. The number of amides is 2. The minimum atomic E-state index is -5.83. The predicted molar refractivity (Wildman–Crippen MR) is 137 cm³/mol. The van der Waals surface area contributed by atoms with Crippen molar-refractivity contribution in [3.63, 3.8) is 0 Å². The van der Waals surface area contributed by atoms with Crippen molar-refractivity contribution in [1.29, 1.82) is 0 Å². The molecular formula is C26H22ClF3N2O5S. The van der Waals surface area contributed by atoms with Crippen LogP contribution in [0.15, 0.2) is 72.8 Å². The van der Waals surface area contributed by atoms with Crippen LogP contribution in [0.25, 0.3) is 0 Å². The topological polar surface area (TPSA) is 84.0 Å². The van der Waals surface area contributed by atoms with Gasteiger partial charge in [0.1, 0.15) is 5.75 Å². The Kier molecular flexibility index (Phi) is 7.44. The molecule has 0 saturated carbocycles. The Bertz CT molecular complexity index is 1460. The molecule has 7 nitrogen and oxygen atoms in total. The maximum absolute atomic E-state index is 13.5. The number of halogens is 4. The summed E-state index contributed by atoms with van der Waals surface area (Å²) in [5, 5.41) is 0.527. The second-order valence-corrected chi connectivity index (χ2v) is 10.7. The molecule has 0 unspecified atom stereocenters. The summed E-state index contributed by atoms with van der Waals surface area (Å²) in [7, 11) is -5.83. The van der Waals surface area contributed by atoms with Crippen molar-refractivity contribution in [2.75, 3.05) is 9.80 Å². The first kappa shape index (κ1) is 27.5. The van der Waals surface area contributed by atoms with Gasteiger partial charge < -0.3 is 14.0 Å². The molecule has 38 heavy (non-hydrogen) atoms. The Morgan fingerprint density at radius 3 is 2.18 bits per heavy atom. The number of fused-ring (bicyclic) bond motifs is 1. The second-order valence-electron chi connectivity index (χ2n) is 8.71. The van der Waals surface area contributed by atoms with Gasteiger partial charge in [0.2, 0.25) is 5.91 Å². The maximum Gasteiger partial charge on any atom is 0.534 e. The Hall–Kier alpha value is -3.57. The zero-order valence-electron chi connectivity index (χ0n) is 20.1. The van der Waals surface area contributed by atoms with Gasteiger partial charge in [0.05, 0.1) is 6.04 Å². The molecule has 200 valence electrons. The highest BCUT2D eigenvalue weighted by molar-refractivity contribution is 7.88. The number of rotatable bonds is 5. The lowest BCUT2D eigenvalue weighted by molar-refractivity contribution is -0.117.